The summed E-state index contributed by atoms with van der Waals surface area (Å²) in [5.74, 6) is 0.407. The van der Waals surface area contributed by atoms with Crippen molar-refractivity contribution in [3.63, 3.8) is 0 Å². The number of piperidine rings is 1. The van der Waals surface area contributed by atoms with Gasteiger partial charge < -0.3 is 19.4 Å². The third-order valence-electron chi connectivity index (χ3n) is 5.48. The number of amides is 2. The summed E-state index contributed by atoms with van der Waals surface area (Å²) in [5.41, 5.74) is 0.311. The van der Waals surface area contributed by atoms with Crippen molar-refractivity contribution < 1.29 is 18.7 Å². The van der Waals surface area contributed by atoms with E-state index >= 15 is 0 Å². The van der Waals surface area contributed by atoms with Crippen LogP contribution in [0.3, 0.4) is 0 Å². The van der Waals surface area contributed by atoms with E-state index in [9.17, 15) is 9.59 Å². The monoisotopic (exact) mass is 378 g/mol. The number of nitrogens with zero attached hydrogens (tertiary/aromatic N) is 3. The van der Waals surface area contributed by atoms with Crippen LogP contribution in [-0.2, 0) is 9.53 Å². The molecule has 1 aromatic heterocycles. The Bertz CT molecular complexity index is 641. The molecule has 8 heteroatoms. The summed E-state index contributed by atoms with van der Waals surface area (Å²) < 4.78 is 10.6. The lowest BCUT2D eigenvalue weighted by molar-refractivity contribution is -0.131. The van der Waals surface area contributed by atoms with E-state index < -0.39 is 0 Å². The summed E-state index contributed by atoms with van der Waals surface area (Å²) in [7, 11) is 0. The first-order valence-electron chi connectivity index (χ1n) is 9.84. The average molecular weight is 378 g/mol. The minimum atomic E-state index is -0.215. The first-order valence-corrected chi connectivity index (χ1v) is 9.84. The molecule has 3 rings (SSSR count). The van der Waals surface area contributed by atoms with Gasteiger partial charge in [0.1, 0.15) is 6.26 Å². The van der Waals surface area contributed by atoms with E-state index in [0.29, 0.717) is 30.2 Å². The molecule has 0 bridgehead atoms. The fourth-order valence-corrected chi connectivity index (χ4v) is 4.05. The van der Waals surface area contributed by atoms with Gasteiger partial charge >= 0.3 is 0 Å². The molecule has 1 atom stereocenters. The highest BCUT2D eigenvalue weighted by atomic mass is 16.5. The molecule has 150 valence electrons. The molecular weight excluding hydrogens is 348 g/mol. The van der Waals surface area contributed by atoms with Crippen LogP contribution in [0.4, 0.5) is 0 Å². The quantitative estimate of drug-likeness (QED) is 0.800. The van der Waals surface area contributed by atoms with Crippen molar-refractivity contribution in [1.82, 2.24) is 20.1 Å². The number of rotatable bonds is 6. The largest absolute Gasteiger partial charge is 0.448 e. The molecular formula is C19H30N4O4. The number of carbonyl (C=O) groups is 2. The Kier molecular flexibility index (Phi) is 6.84. The number of hydrogen-bond acceptors (Lipinski definition) is 6. The second-order valence-corrected chi connectivity index (χ2v) is 7.35. The van der Waals surface area contributed by atoms with Gasteiger partial charge in [-0.3, -0.25) is 14.5 Å². The second-order valence-electron chi connectivity index (χ2n) is 7.35. The predicted molar refractivity (Wildman–Crippen MR) is 99.4 cm³/mol. The van der Waals surface area contributed by atoms with Gasteiger partial charge in [0.25, 0.3) is 5.91 Å². The summed E-state index contributed by atoms with van der Waals surface area (Å²) in [4.78, 5) is 32.5. The highest BCUT2D eigenvalue weighted by Gasteiger charge is 2.31. The molecule has 1 unspecified atom stereocenters. The Labute approximate surface area is 160 Å². The summed E-state index contributed by atoms with van der Waals surface area (Å²) in [6.07, 6.45) is 5.47. The Hall–Kier alpha value is -1.93. The zero-order valence-corrected chi connectivity index (χ0v) is 16.3. The first kappa shape index (κ1) is 19.8. The van der Waals surface area contributed by atoms with Gasteiger partial charge in [0.2, 0.25) is 5.91 Å². The molecule has 0 aliphatic carbocycles. The van der Waals surface area contributed by atoms with Crippen molar-refractivity contribution >= 4 is 11.8 Å². The predicted octanol–water partition coefficient (Wildman–Crippen LogP) is 1.20. The van der Waals surface area contributed by atoms with Gasteiger partial charge in [-0.2, -0.15) is 0 Å². The molecule has 3 heterocycles. The molecule has 0 saturated carbocycles. The van der Waals surface area contributed by atoms with Gasteiger partial charge in [-0.25, -0.2) is 4.98 Å². The third kappa shape index (κ3) is 5.29. The molecule has 1 aromatic rings. The van der Waals surface area contributed by atoms with E-state index in [1.807, 2.05) is 4.90 Å². The lowest BCUT2D eigenvalue weighted by Gasteiger charge is -2.44. The standard InChI is InChI=1S/C19H30N4O4/c1-14-21-18(13-27-14)19(25)20-7-9-23(16-5-10-26-11-6-16)17-4-3-8-22(12-17)15(2)24/h13,16-17H,3-12H2,1-2H3,(H,20,25). The van der Waals surface area contributed by atoms with Crippen molar-refractivity contribution in [2.24, 2.45) is 0 Å². The molecule has 2 saturated heterocycles. The minimum absolute atomic E-state index is 0.140. The average Bonchev–Trinajstić information content (AvgIpc) is 3.12. The van der Waals surface area contributed by atoms with Gasteiger partial charge in [-0.05, 0) is 25.7 Å². The molecule has 2 fully saturated rings. The minimum Gasteiger partial charge on any atom is -0.448 e. The van der Waals surface area contributed by atoms with Gasteiger partial charge in [-0.15, -0.1) is 0 Å². The Balaban J connectivity index is 1.59. The zero-order chi connectivity index (χ0) is 19.2. The van der Waals surface area contributed by atoms with E-state index in [4.69, 9.17) is 9.15 Å². The van der Waals surface area contributed by atoms with Crippen LogP contribution in [0.5, 0.6) is 0 Å². The maximum Gasteiger partial charge on any atom is 0.273 e. The highest BCUT2D eigenvalue weighted by molar-refractivity contribution is 5.91. The van der Waals surface area contributed by atoms with Crippen LogP contribution >= 0.6 is 0 Å². The zero-order valence-electron chi connectivity index (χ0n) is 16.3. The summed E-state index contributed by atoms with van der Waals surface area (Å²) >= 11 is 0. The van der Waals surface area contributed by atoms with E-state index in [2.05, 4.69) is 15.2 Å². The first-order chi connectivity index (χ1) is 13.0. The number of likely N-dealkylation sites (tertiary alicyclic amines) is 1. The van der Waals surface area contributed by atoms with Crippen LogP contribution in [0.25, 0.3) is 0 Å². The Morgan fingerprint density at radius 2 is 2.07 bits per heavy atom. The van der Waals surface area contributed by atoms with Crippen molar-refractivity contribution in [3.05, 3.63) is 17.8 Å². The summed E-state index contributed by atoms with van der Waals surface area (Å²) in [6, 6.07) is 0.763. The Morgan fingerprint density at radius 1 is 1.30 bits per heavy atom. The molecule has 0 spiro atoms. The number of oxazole rings is 1. The molecule has 1 N–H and O–H groups in total. The van der Waals surface area contributed by atoms with Gasteiger partial charge in [0.05, 0.1) is 0 Å². The number of ether oxygens (including phenoxy) is 1. The van der Waals surface area contributed by atoms with E-state index in [0.717, 1.165) is 58.5 Å². The van der Waals surface area contributed by atoms with Crippen molar-refractivity contribution in [2.45, 2.75) is 51.6 Å². The van der Waals surface area contributed by atoms with Crippen LogP contribution in [-0.4, -0.2) is 78.1 Å². The lowest BCUT2D eigenvalue weighted by Crippen LogP contribution is -2.55. The normalized spacial score (nSPS) is 21.4. The summed E-state index contributed by atoms with van der Waals surface area (Å²) in [6.45, 7) is 7.81. The van der Waals surface area contributed by atoms with E-state index in [-0.39, 0.29) is 11.8 Å². The second kappa shape index (κ2) is 9.32. The summed E-state index contributed by atoms with van der Waals surface area (Å²) in [5, 5.41) is 2.94. The van der Waals surface area contributed by atoms with Crippen LogP contribution in [0.15, 0.2) is 10.7 Å². The van der Waals surface area contributed by atoms with Crippen molar-refractivity contribution in [2.75, 3.05) is 39.4 Å². The van der Waals surface area contributed by atoms with Crippen LogP contribution in [0.1, 0.15) is 49.0 Å². The molecule has 2 aliphatic heterocycles. The number of aryl methyl sites for hydroxylation is 1. The van der Waals surface area contributed by atoms with E-state index in [1.54, 1.807) is 13.8 Å². The molecule has 0 radical (unpaired) electrons. The van der Waals surface area contributed by atoms with Gasteiger partial charge in [0.15, 0.2) is 11.6 Å². The number of carbonyl (C=O) groups excluding carboxylic acids is 2. The SMILES string of the molecule is CC(=O)N1CCCC(N(CCNC(=O)c2coc(C)n2)C2CCOCC2)C1. The molecule has 2 amide bonds. The van der Waals surface area contributed by atoms with E-state index in [1.165, 1.54) is 6.26 Å². The lowest BCUT2D eigenvalue weighted by atomic mass is 9.98. The van der Waals surface area contributed by atoms with Crippen LogP contribution in [0.2, 0.25) is 0 Å². The topological polar surface area (TPSA) is 87.9 Å². The fourth-order valence-electron chi connectivity index (χ4n) is 4.05. The molecule has 2 aliphatic rings. The smallest absolute Gasteiger partial charge is 0.273 e. The number of aromatic nitrogens is 1. The highest BCUT2D eigenvalue weighted by Crippen LogP contribution is 2.23. The molecule has 8 nitrogen and oxygen atoms in total. The van der Waals surface area contributed by atoms with Crippen molar-refractivity contribution in [3.8, 4) is 0 Å². The maximum absolute atomic E-state index is 12.2. The maximum atomic E-state index is 12.2. The van der Waals surface area contributed by atoms with Gasteiger partial charge in [0, 0.05) is 65.3 Å². The number of hydrogen-bond donors (Lipinski definition) is 1. The van der Waals surface area contributed by atoms with Crippen molar-refractivity contribution in [1.29, 1.82) is 0 Å². The van der Waals surface area contributed by atoms with Crippen LogP contribution < -0.4 is 5.32 Å². The van der Waals surface area contributed by atoms with Crippen LogP contribution in [0, 0.1) is 6.92 Å². The van der Waals surface area contributed by atoms with Gasteiger partial charge in [-0.1, -0.05) is 0 Å². The fraction of sp³-hybridized carbons (Fsp3) is 0.737. The Morgan fingerprint density at radius 3 is 2.74 bits per heavy atom. The molecule has 27 heavy (non-hydrogen) atoms. The third-order valence-corrected chi connectivity index (χ3v) is 5.48. The molecule has 0 aromatic carbocycles. The number of nitrogens with one attached hydrogen (secondary N) is 1.